The second kappa shape index (κ2) is 6.29. The van der Waals surface area contributed by atoms with Crippen LogP contribution in [0.25, 0.3) is 0 Å². The Hall–Kier alpha value is -2.32. The Labute approximate surface area is 141 Å². The van der Waals surface area contributed by atoms with Crippen molar-refractivity contribution in [3.63, 3.8) is 0 Å². The summed E-state index contributed by atoms with van der Waals surface area (Å²) >= 11 is 1.14. The highest BCUT2D eigenvalue weighted by molar-refractivity contribution is 8.04. The highest BCUT2D eigenvalue weighted by atomic mass is 32.2. The highest BCUT2D eigenvalue weighted by Crippen LogP contribution is 2.50. The summed E-state index contributed by atoms with van der Waals surface area (Å²) in [5, 5.41) is 18.6. The lowest BCUT2D eigenvalue weighted by molar-refractivity contribution is -0.156. The van der Waals surface area contributed by atoms with Gasteiger partial charge in [-0.3, -0.25) is 9.69 Å². The average molecular weight is 349 g/mol. The third kappa shape index (κ3) is 2.67. The third-order valence-electron chi connectivity index (χ3n) is 3.92. The molecule has 1 amide bonds. The van der Waals surface area contributed by atoms with E-state index in [-0.39, 0.29) is 12.3 Å². The number of β-lactam (4-membered cyclic amide) rings is 1. The van der Waals surface area contributed by atoms with E-state index in [1.165, 1.54) is 6.92 Å². The Kier molecular flexibility index (Phi) is 4.33. The molecule has 1 fully saturated rings. The van der Waals surface area contributed by atoms with Gasteiger partial charge in [0.05, 0.1) is 22.5 Å². The number of rotatable bonds is 5. The molecule has 3 atom stereocenters. The van der Waals surface area contributed by atoms with E-state index in [1.807, 2.05) is 0 Å². The number of carboxylic acid groups (broad SMARTS) is 1. The first-order valence-electron chi connectivity index (χ1n) is 7.28. The molecule has 0 bridgehead atoms. The molecule has 8 heteroatoms. The monoisotopic (exact) mass is 349 g/mol. The molecule has 0 saturated carbocycles. The first-order chi connectivity index (χ1) is 11.4. The molecule has 2 aliphatic heterocycles. The minimum atomic E-state index is -1.26. The van der Waals surface area contributed by atoms with E-state index < -0.39 is 35.2 Å². The number of esters is 1. The van der Waals surface area contributed by atoms with E-state index >= 15 is 0 Å². The molecule has 1 saturated heterocycles. The zero-order valence-corrected chi connectivity index (χ0v) is 13.5. The summed E-state index contributed by atoms with van der Waals surface area (Å²) < 4.78 is 5.17. The molecule has 0 unspecified atom stereocenters. The van der Waals surface area contributed by atoms with Crippen molar-refractivity contribution in [2.24, 2.45) is 5.92 Å². The summed E-state index contributed by atoms with van der Waals surface area (Å²) in [6, 6.07) is 8.34. The van der Waals surface area contributed by atoms with Crippen LogP contribution in [0.2, 0.25) is 0 Å². The molecule has 0 aromatic heterocycles. The Balaban J connectivity index is 1.74. The molecule has 0 aliphatic carbocycles. The van der Waals surface area contributed by atoms with Crippen LogP contribution in [-0.4, -0.2) is 51.0 Å². The number of hydrogen-bond donors (Lipinski definition) is 2. The van der Waals surface area contributed by atoms with Crippen LogP contribution >= 0.6 is 11.8 Å². The van der Waals surface area contributed by atoms with Crippen molar-refractivity contribution >= 4 is 29.6 Å². The normalized spacial score (nSPS) is 23.6. The fourth-order valence-corrected chi connectivity index (χ4v) is 4.26. The molecule has 1 aromatic rings. The predicted octanol–water partition coefficient (Wildman–Crippen LogP) is 1.05. The number of ether oxygens (including phenoxy) is 1. The smallest absolute Gasteiger partial charge is 0.353 e. The van der Waals surface area contributed by atoms with Gasteiger partial charge in [-0.1, -0.05) is 30.0 Å². The predicted molar refractivity (Wildman–Crippen MR) is 84.8 cm³/mol. The van der Waals surface area contributed by atoms with Gasteiger partial charge in [0.15, 0.2) is 0 Å². The van der Waals surface area contributed by atoms with Gasteiger partial charge < -0.3 is 14.9 Å². The molecule has 7 nitrogen and oxygen atoms in total. The van der Waals surface area contributed by atoms with Crippen LogP contribution in [0.15, 0.2) is 40.9 Å². The summed E-state index contributed by atoms with van der Waals surface area (Å²) in [4.78, 5) is 36.9. The van der Waals surface area contributed by atoms with Crippen molar-refractivity contribution in [2.45, 2.75) is 18.4 Å². The Morgan fingerprint density at radius 2 is 2.00 bits per heavy atom. The van der Waals surface area contributed by atoms with Crippen molar-refractivity contribution in [2.75, 3.05) is 6.61 Å². The van der Waals surface area contributed by atoms with Crippen LogP contribution in [0.4, 0.5) is 0 Å². The van der Waals surface area contributed by atoms with Crippen molar-refractivity contribution in [1.29, 1.82) is 0 Å². The number of hydrogen-bond acceptors (Lipinski definition) is 6. The minimum absolute atomic E-state index is 0.173. The second-order valence-corrected chi connectivity index (χ2v) is 6.71. The summed E-state index contributed by atoms with van der Waals surface area (Å²) in [6.07, 6.45) is -0.868. The quantitative estimate of drug-likeness (QED) is 0.605. The zero-order chi connectivity index (χ0) is 17.4. The Morgan fingerprint density at radius 1 is 1.33 bits per heavy atom. The van der Waals surface area contributed by atoms with Crippen LogP contribution < -0.4 is 0 Å². The van der Waals surface area contributed by atoms with Gasteiger partial charge in [-0.15, -0.1) is 0 Å². The lowest BCUT2D eigenvalue weighted by Gasteiger charge is -2.43. The fourth-order valence-electron chi connectivity index (χ4n) is 2.74. The lowest BCUT2D eigenvalue weighted by atomic mass is 9.92. The number of carbonyl (C=O) groups excluding carboxylic acids is 2. The largest absolute Gasteiger partial charge is 0.477 e. The maximum absolute atomic E-state index is 12.1. The van der Waals surface area contributed by atoms with Crippen LogP contribution in [0.3, 0.4) is 0 Å². The maximum atomic E-state index is 12.1. The number of carbonyl (C=O) groups is 3. The Bertz CT molecular complexity index is 729. The molecular weight excluding hydrogens is 334 g/mol. The number of amides is 1. The summed E-state index contributed by atoms with van der Waals surface area (Å²) in [5.74, 6) is -2.90. The van der Waals surface area contributed by atoms with E-state index in [0.29, 0.717) is 10.5 Å². The molecular formula is C16H15NO6S. The highest BCUT2D eigenvalue weighted by Gasteiger charge is 2.57. The van der Waals surface area contributed by atoms with Gasteiger partial charge in [0.25, 0.3) is 0 Å². The minimum Gasteiger partial charge on any atom is -0.477 e. The number of carboxylic acids is 1. The number of thioether (sulfide) groups is 1. The van der Waals surface area contributed by atoms with E-state index in [9.17, 15) is 24.6 Å². The first-order valence-corrected chi connectivity index (χ1v) is 8.16. The number of benzene rings is 1. The number of nitrogens with zero attached hydrogens (tertiary/aromatic N) is 1. The van der Waals surface area contributed by atoms with E-state index in [0.717, 1.165) is 16.7 Å². The first kappa shape index (κ1) is 16.5. The van der Waals surface area contributed by atoms with E-state index in [1.54, 1.807) is 30.3 Å². The zero-order valence-electron chi connectivity index (χ0n) is 12.7. The lowest BCUT2D eigenvalue weighted by Crippen LogP contribution is -2.60. The number of aliphatic hydroxyl groups excluding tert-OH is 1. The molecule has 0 radical (unpaired) electrons. The van der Waals surface area contributed by atoms with Crippen molar-refractivity contribution in [3.05, 3.63) is 46.5 Å². The Morgan fingerprint density at radius 3 is 2.58 bits per heavy atom. The van der Waals surface area contributed by atoms with Crippen molar-refractivity contribution < 1.29 is 29.3 Å². The number of fused-ring (bicyclic) bond motifs is 1. The molecule has 2 aliphatic rings. The van der Waals surface area contributed by atoms with Gasteiger partial charge in [-0.25, -0.2) is 9.59 Å². The van der Waals surface area contributed by atoms with Crippen LogP contribution in [0.1, 0.15) is 17.3 Å². The molecule has 1 aromatic carbocycles. The van der Waals surface area contributed by atoms with Crippen molar-refractivity contribution in [1.82, 2.24) is 4.90 Å². The molecule has 24 heavy (non-hydrogen) atoms. The third-order valence-corrected chi connectivity index (χ3v) is 5.26. The van der Waals surface area contributed by atoms with E-state index in [4.69, 9.17) is 4.74 Å². The van der Waals surface area contributed by atoms with Crippen LogP contribution in [-0.2, 0) is 14.3 Å². The average Bonchev–Trinajstić information content (AvgIpc) is 2.87. The van der Waals surface area contributed by atoms with Gasteiger partial charge in [0.2, 0.25) is 5.91 Å². The topological polar surface area (TPSA) is 104 Å². The molecule has 2 N–H and O–H groups in total. The number of aliphatic carboxylic acids is 1. The summed E-state index contributed by atoms with van der Waals surface area (Å²) in [6.45, 7) is 1.27. The van der Waals surface area contributed by atoms with Gasteiger partial charge in [0.1, 0.15) is 17.7 Å². The molecule has 126 valence electrons. The van der Waals surface area contributed by atoms with E-state index in [2.05, 4.69) is 0 Å². The van der Waals surface area contributed by atoms with Crippen LogP contribution in [0.5, 0.6) is 0 Å². The summed E-state index contributed by atoms with van der Waals surface area (Å²) in [5.41, 5.74) is 0.187. The van der Waals surface area contributed by atoms with Gasteiger partial charge in [-0.2, -0.15) is 0 Å². The molecule has 2 heterocycles. The maximum Gasteiger partial charge on any atom is 0.353 e. The summed E-state index contributed by atoms with van der Waals surface area (Å²) in [7, 11) is 0. The number of aliphatic hydroxyl groups is 1. The van der Waals surface area contributed by atoms with Crippen molar-refractivity contribution in [3.8, 4) is 0 Å². The van der Waals surface area contributed by atoms with Gasteiger partial charge >= 0.3 is 11.9 Å². The molecule has 0 spiro atoms. The van der Waals surface area contributed by atoms with Gasteiger partial charge in [0, 0.05) is 0 Å². The fraction of sp³-hybridized carbons (Fsp3) is 0.312. The standard InChI is InChI=1S/C16H15NO6S/c1-8(18)11-13(19)17-12(15(20)21)10(24-14(11)17)7-23-16(22)9-5-3-2-4-6-9/h2-6,8,11,14,18H,7H2,1H3,(H,20,21)/t8-,11+,14-/m1/s1. The SMILES string of the molecule is C[C@@H](O)[C@H]1C(=O)N2C(C(=O)O)=C(COC(=O)c3ccccc3)S[C@H]12. The van der Waals surface area contributed by atoms with Crippen LogP contribution in [0, 0.1) is 5.92 Å². The second-order valence-electron chi connectivity index (χ2n) is 5.50. The molecule has 3 rings (SSSR count). The van der Waals surface area contributed by atoms with Gasteiger partial charge in [-0.05, 0) is 19.1 Å².